The lowest BCUT2D eigenvalue weighted by atomic mass is 9.88. The molecule has 2 aliphatic carbocycles. The van der Waals surface area contributed by atoms with Crippen molar-refractivity contribution in [2.24, 2.45) is 0 Å². The van der Waals surface area contributed by atoms with Crippen LogP contribution >= 0.6 is 0 Å². The van der Waals surface area contributed by atoms with Gasteiger partial charge in [-0.15, -0.1) is 0 Å². The van der Waals surface area contributed by atoms with Crippen LogP contribution in [0.1, 0.15) is 62.1 Å². The number of carbonyl (C=O) groups excluding carboxylic acids is 4. The molecule has 3 aliphatic rings. The molecule has 8 nitrogen and oxygen atoms in total. The van der Waals surface area contributed by atoms with E-state index in [1.165, 1.54) is 5.56 Å². The van der Waals surface area contributed by atoms with Gasteiger partial charge in [-0.3, -0.25) is 19.3 Å². The summed E-state index contributed by atoms with van der Waals surface area (Å²) < 4.78 is 5.06. The third kappa shape index (κ3) is 4.04. The first-order valence-electron chi connectivity index (χ1n) is 10.7. The maximum absolute atomic E-state index is 12.6. The van der Waals surface area contributed by atoms with Gasteiger partial charge in [0, 0.05) is 6.54 Å². The van der Waals surface area contributed by atoms with Crippen LogP contribution in [0.5, 0.6) is 0 Å². The van der Waals surface area contributed by atoms with Gasteiger partial charge >= 0.3 is 12.0 Å². The van der Waals surface area contributed by atoms with E-state index in [-0.39, 0.29) is 37.4 Å². The van der Waals surface area contributed by atoms with Crippen molar-refractivity contribution in [1.29, 1.82) is 0 Å². The molecule has 1 aromatic rings. The van der Waals surface area contributed by atoms with Gasteiger partial charge < -0.3 is 15.4 Å². The second kappa shape index (κ2) is 8.45. The Morgan fingerprint density at radius 3 is 2.73 bits per heavy atom. The van der Waals surface area contributed by atoms with Gasteiger partial charge in [-0.25, -0.2) is 4.79 Å². The summed E-state index contributed by atoms with van der Waals surface area (Å²) in [5.74, 6) is -1.22. The molecule has 1 heterocycles. The Hall–Kier alpha value is -2.90. The molecule has 1 atom stereocenters. The molecular formula is C22H27N3O5. The molecule has 1 aromatic carbocycles. The zero-order valence-corrected chi connectivity index (χ0v) is 16.9. The second-order valence-electron chi connectivity index (χ2n) is 8.30. The fraction of sp³-hybridized carbons (Fsp3) is 0.545. The molecule has 0 bridgehead atoms. The average molecular weight is 413 g/mol. The van der Waals surface area contributed by atoms with E-state index in [1.807, 2.05) is 18.2 Å². The number of ether oxygens (including phenoxy) is 1. The number of rotatable bonds is 6. The van der Waals surface area contributed by atoms with E-state index in [9.17, 15) is 19.2 Å². The van der Waals surface area contributed by atoms with Crippen molar-refractivity contribution in [3.05, 3.63) is 35.4 Å². The van der Waals surface area contributed by atoms with Crippen LogP contribution in [0.2, 0.25) is 0 Å². The average Bonchev–Trinajstić information content (AvgIpc) is 3.30. The van der Waals surface area contributed by atoms with E-state index < -0.39 is 17.5 Å². The van der Waals surface area contributed by atoms with Crippen LogP contribution in [0.3, 0.4) is 0 Å². The molecule has 0 unspecified atom stereocenters. The van der Waals surface area contributed by atoms with Crippen LogP contribution in [0.4, 0.5) is 4.79 Å². The summed E-state index contributed by atoms with van der Waals surface area (Å²) in [6, 6.07) is 7.50. The number of hydrogen-bond acceptors (Lipinski definition) is 5. The summed E-state index contributed by atoms with van der Waals surface area (Å²) in [7, 11) is 0. The predicted octanol–water partition coefficient (Wildman–Crippen LogP) is 1.98. The number of nitrogens with one attached hydrogen (secondary N) is 2. The molecule has 1 saturated carbocycles. The Morgan fingerprint density at radius 2 is 1.93 bits per heavy atom. The first-order valence-corrected chi connectivity index (χ1v) is 10.7. The molecule has 4 rings (SSSR count). The molecule has 1 aliphatic heterocycles. The quantitative estimate of drug-likeness (QED) is 0.548. The maximum Gasteiger partial charge on any atom is 0.325 e. The van der Waals surface area contributed by atoms with Crippen molar-refractivity contribution in [3.63, 3.8) is 0 Å². The summed E-state index contributed by atoms with van der Waals surface area (Å²) in [5, 5.41) is 5.71. The third-order valence-electron chi connectivity index (χ3n) is 6.31. The number of nitrogens with zero attached hydrogens (tertiary/aromatic N) is 1. The minimum absolute atomic E-state index is 0.0388. The number of hydrogen-bond donors (Lipinski definition) is 2. The molecule has 1 saturated heterocycles. The van der Waals surface area contributed by atoms with Crippen LogP contribution in [-0.4, -0.2) is 47.4 Å². The van der Waals surface area contributed by atoms with Gasteiger partial charge in [0.2, 0.25) is 0 Å². The molecule has 2 fully saturated rings. The highest BCUT2D eigenvalue weighted by Crippen LogP contribution is 2.35. The van der Waals surface area contributed by atoms with Crippen LogP contribution in [0.15, 0.2) is 24.3 Å². The summed E-state index contributed by atoms with van der Waals surface area (Å²) in [6.45, 7) is -0.412. The number of urea groups is 1. The molecule has 30 heavy (non-hydrogen) atoms. The van der Waals surface area contributed by atoms with Crippen LogP contribution in [0, 0.1) is 0 Å². The van der Waals surface area contributed by atoms with Gasteiger partial charge in [-0.1, -0.05) is 37.1 Å². The van der Waals surface area contributed by atoms with Gasteiger partial charge in [0.05, 0.1) is 12.5 Å². The van der Waals surface area contributed by atoms with Crippen LogP contribution < -0.4 is 10.6 Å². The second-order valence-corrected chi connectivity index (χ2v) is 8.30. The monoisotopic (exact) mass is 413 g/mol. The number of carbonyl (C=O) groups is 4. The number of esters is 1. The van der Waals surface area contributed by atoms with E-state index in [0.717, 1.165) is 42.6 Å². The minimum Gasteiger partial charge on any atom is -0.456 e. The summed E-state index contributed by atoms with van der Waals surface area (Å²) in [4.78, 5) is 50.1. The summed E-state index contributed by atoms with van der Waals surface area (Å²) in [5.41, 5.74) is 1.57. The number of amides is 4. The van der Waals surface area contributed by atoms with Crippen molar-refractivity contribution < 1.29 is 23.9 Å². The molecule has 0 radical (unpaired) electrons. The Balaban J connectivity index is 1.22. The SMILES string of the molecule is O=C(COC(=O)CCN1C(=O)NC2(CCCC2)C1=O)N[C@@H]1CCCc2ccccc21. The lowest BCUT2D eigenvalue weighted by Gasteiger charge is -2.26. The lowest BCUT2D eigenvalue weighted by molar-refractivity contribution is -0.149. The summed E-state index contributed by atoms with van der Waals surface area (Å²) >= 11 is 0. The topological polar surface area (TPSA) is 105 Å². The number of fused-ring (bicyclic) bond motifs is 1. The van der Waals surface area contributed by atoms with E-state index in [0.29, 0.717) is 12.8 Å². The minimum atomic E-state index is -0.781. The van der Waals surface area contributed by atoms with Gasteiger partial charge in [0.25, 0.3) is 11.8 Å². The molecule has 0 aromatic heterocycles. The zero-order valence-electron chi connectivity index (χ0n) is 16.9. The molecule has 1 spiro atoms. The Morgan fingerprint density at radius 1 is 1.17 bits per heavy atom. The number of aryl methyl sites for hydroxylation is 1. The fourth-order valence-corrected chi connectivity index (χ4v) is 4.76. The first-order chi connectivity index (χ1) is 14.5. The molecule has 8 heteroatoms. The van der Waals surface area contributed by atoms with Crippen LogP contribution in [0.25, 0.3) is 0 Å². The largest absolute Gasteiger partial charge is 0.456 e. The smallest absolute Gasteiger partial charge is 0.325 e. The van der Waals surface area contributed by atoms with Gasteiger partial charge in [0.1, 0.15) is 5.54 Å². The lowest BCUT2D eigenvalue weighted by Crippen LogP contribution is -2.44. The van der Waals surface area contributed by atoms with Crippen LogP contribution in [-0.2, 0) is 25.5 Å². The van der Waals surface area contributed by atoms with E-state index in [2.05, 4.69) is 16.7 Å². The van der Waals surface area contributed by atoms with E-state index >= 15 is 0 Å². The highest BCUT2D eigenvalue weighted by molar-refractivity contribution is 6.07. The number of imide groups is 1. The van der Waals surface area contributed by atoms with Gasteiger partial charge in [0.15, 0.2) is 6.61 Å². The number of benzene rings is 1. The normalized spacial score (nSPS) is 22.0. The standard InChI is InChI=1S/C22H27N3O5/c26-18(23-17-9-5-7-15-6-1-2-8-16(15)17)14-30-19(27)10-13-25-20(28)22(24-21(25)29)11-3-4-12-22/h1-2,6,8,17H,3-5,7,9-14H2,(H,23,26)(H,24,29)/t17-/m1/s1. The molecule has 4 amide bonds. The molecule has 160 valence electrons. The Labute approximate surface area is 175 Å². The highest BCUT2D eigenvalue weighted by atomic mass is 16.5. The highest BCUT2D eigenvalue weighted by Gasteiger charge is 2.52. The van der Waals surface area contributed by atoms with Crippen molar-refractivity contribution in [1.82, 2.24) is 15.5 Å². The van der Waals surface area contributed by atoms with E-state index in [1.54, 1.807) is 0 Å². The predicted molar refractivity (Wildman–Crippen MR) is 107 cm³/mol. The van der Waals surface area contributed by atoms with Crippen molar-refractivity contribution in [3.8, 4) is 0 Å². The van der Waals surface area contributed by atoms with Crippen molar-refractivity contribution in [2.75, 3.05) is 13.2 Å². The van der Waals surface area contributed by atoms with Gasteiger partial charge in [-0.2, -0.15) is 0 Å². The third-order valence-corrected chi connectivity index (χ3v) is 6.31. The van der Waals surface area contributed by atoms with Crippen molar-refractivity contribution in [2.45, 2.75) is 62.9 Å². The zero-order chi connectivity index (χ0) is 21.1. The molecule has 2 N–H and O–H groups in total. The molecular weight excluding hydrogens is 386 g/mol. The fourth-order valence-electron chi connectivity index (χ4n) is 4.76. The van der Waals surface area contributed by atoms with Crippen molar-refractivity contribution >= 4 is 23.8 Å². The van der Waals surface area contributed by atoms with E-state index in [4.69, 9.17) is 4.74 Å². The Kier molecular flexibility index (Phi) is 5.74. The first kappa shape index (κ1) is 20.4. The Bertz CT molecular complexity index is 862. The van der Waals surface area contributed by atoms with Gasteiger partial charge in [-0.05, 0) is 43.2 Å². The summed E-state index contributed by atoms with van der Waals surface area (Å²) in [6.07, 6.45) is 5.81. The maximum atomic E-state index is 12.6.